The molecule has 0 saturated carbocycles. The van der Waals surface area contributed by atoms with Crippen molar-refractivity contribution >= 4 is 46.3 Å². The molecule has 1 fully saturated rings. The van der Waals surface area contributed by atoms with Crippen molar-refractivity contribution in [3.05, 3.63) is 30.1 Å². The minimum absolute atomic E-state index is 0.241. The summed E-state index contributed by atoms with van der Waals surface area (Å²) < 4.78 is 7.46. The quantitative estimate of drug-likeness (QED) is 0.297. The molecule has 1 aliphatic heterocycles. The van der Waals surface area contributed by atoms with Crippen LogP contribution in [0.2, 0.25) is 5.15 Å². The van der Waals surface area contributed by atoms with Crippen LogP contribution in [0.25, 0.3) is 11.2 Å². The zero-order valence-corrected chi connectivity index (χ0v) is 16.7. The molecule has 0 amide bonds. The fourth-order valence-electron chi connectivity index (χ4n) is 3.01. The van der Waals surface area contributed by atoms with Crippen LogP contribution in [-0.2, 0) is 4.74 Å². The van der Waals surface area contributed by atoms with Crippen LogP contribution in [0.1, 0.15) is 6.23 Å². The van der Waals surface area contributed by atoms with E-state index >= 15 is 0 Å². The van der Waals surface area contributed by atoms with Crippen molar-refractivity contribution in [1.29, 1.82) is 0 Å². The fourth-order valence-corrected chi connectivity index (χ4v) is 4.07. The van der Waals surface area contributed by atoms with Crippen molar-refractivity contribution in [2.45, 2.75) is 24.5 Å². The Bertz CT molecular complexity index is 992. The van der Waals surface area contributed by atoms with Gasteiger partial charge >= 0.3 is 0 Å². The predicted octanol–water partition coefficient (Wildman–Crippen LogP) is 0.316. The Hall–Kier alpha value is -2.25. The maximum Gasteiger partial charge on any atom is 0.224 e. The van der Waals surface area contributed by atoms with E-state index < -0.39 is 24.5 Å². The highest BCUT2D eigenvalue weighted by atomic mass is 35.5. The molecule has 1 saturated heterocycles. The molecule has 0 unspecified atom stereocenters. The fraction of sp³-hybridized carbons (Fsp3) is 0.438. The molecule has 29 heavy (non-hydrogen) atoms. The van der Waals surface area contributed by atoms with E-state index in [4.69, 9.17) is 22.1 Å². The van der Waals surface area contributed by atoms with Crippen LogP contribution in [0.4, 0.5) is 11.8 Å². The van der Waals surface area contributed by atoms with E-state index in [1.807, 2.05) is 0 Å². The highest BCUT2D eigenvalue weighted by Crippen LogP contribution is 2.33. The first-order valence-corrected chi connectivity index (χ1v) is 10.3. The van der Waals surface area contributed by atoms with Crippen LogP contribution in [0.15, 0.2) is 24.9 Å². The average Bonchev–Trinajstić information content (AvgIpc) is 3.25. The summed E-state index contributed by atoms with van der Waals surface area (Å²) in [5.41, 5.74) is 6.66. The van der Waals surface area contributed by atoms with E-state index in [9.17, 15) is 10.2 Å². The number of ether oxygens (including phenoxy) is 1. The maximum atomic E-state index is 10.5. The number of halogens is 1. The molecule has 3 aromatic heterocycles. The Balaban J connectivity index is 1.32. The Morgan fingerprint density at radius 2 is 2.10 bits per heavy atom. The van der Waals surface area contributed by atoms with Crippen molar-refractivity contribution in [1.82, 2.24) is 29.5 Å². The molecule has 0 aliphatic carbocycles. The number of aromatic nitrogens is 6. The van der Waals surface area contributed by atoms with Gasteiger partial charge in [0.05, 0.1) is 12.4 Å². The lowest BCUT2D eigenvalue weighted by Crippen LogP contribution is -2.32. The van der Waals surface area contributed by atoms with Crippen LogP contribution < -0.4 is 11.1 Å². The molecular weight excluding hydrogens is 420 g/mol. The van der Waals surface area contributed by atoms with Crippen molar-refractivity contribution in [2.24, 2.45) is 0 Å². The molecule has 4 atom stereocenters. The number of hydrogen-bond acceptors (Lipinski definition) is 11. The lowest BCUT2D eigenvalue weighted by molar-refractivity contribution is -0.0288. The minimum atomic E-state index is -1.12. The maximum absolute atomic E-state index is 10.5. The summed E-state index contributed by atoms with van der Waals surface area (Å²) in [5, 5.41) is 24.3. The van der Waals surface area contributed by atoms with E-state index in [1.165, 1.54) is 12.7 Å². The van der Waals surface area contributed by atoms with Crippen LogP contribution >= 0.6 is 23.4 Å². The number of nitrogen functional groups attached to an aromatic ring is 1. The van der Waals surface area contributed by atoms with Gasteiger partial charge in [-0.15, -0.1) is 0 Å². The molecule has 0 spiro atoms. The Kier molecular flexibility index (Phi) is 5.96. The van der Waals surface area contributed by atoms with Gasteiger partial charge in [-0.05, 0) is 6.07 Å². The van der Waals surface area contributed by atoms with E-state index in [0.29, 0.717) is 34.6 Å². The van der Waals surface area contributed by atoms with Gasteiger partial charge in [-0.25, -0.2) is 24.9 Å². The number of fused-ring (bicyclic) bond motifs is 1. The molecule has 1 aliphatic rings. The predicted molar refractivity (Wildman–Crippen MR) is 109 cm³/mol. The van der Waals surface area contributed by atoms with E-state index in [1.54, 1.807) is 28.6 Å². The van der Waals surface area contributed by atoms with Crippen LogP contribution in [0.3, 0.4) is 0 Å². The third-order valence-electron chi connectivity index (χ3n) is 4.43. The van der Waals surface area contributed by atoms with Crippen LogP contribution in [0.5, 0.6) is 0 Å². The number of nitrogens with two attached hydrogens (primary N) is 1. The summed E-state index contributed by atoms with van der Waals surface area (Å²) in [5.74, 6) is 1.92. The van der Waals surface area contributed by atoms with Gasteiger partial charge < -0.3 is 26.0 Å². The molecule has 154 valence electrons. The molecule has 3 aromatic rings. The summed E-state index contributed by atoms with van der Waals surface area (Å²) in [6.45, 7) is 0.613. The SMILES string of the molecule is Nc1ncnc2c1ncn2[C@H]1O[C@@H](CSCCNc2nccc(Cl)n2)[C@H](O)[C@@H]1O. The minimum Gasteiger partial charge on any atom is -0.387 e. The monoisotopic (exact) mass is 438 g/mol. The molecule has 4 rings (SSSR count). The van der Waals surface area contributed by atoms with Crippen molar-refractivity contribution < 1.29 is 14.9 Å². The zero-order valence-electron chi connectivity index (χ0n) is 15.1. The van der Waals surface area contributed by atoms with Crippen LogP contribution in [-0.4, -0.2) is 76.1 Å². The summed E-state index contributed by atoms with van der Waals surface area (Å²) in [7, 11) is 0. The van der Waals surface area contributed by atoms with Gasteiger partial charge in [0.2, 0.25) is 5.95 Å². The van der Waals surface area contributed by atoms with Crippen LogP contribution in [0, 0.1) is 0 Å². The molecular formula is C16H19ClN8O3S. The second-order valence-electron chi connectivity index (χ2n) is 6.33. The number of anilines is 2. The third kappa shape index (κ3) is 4.21. The van der Waals surface area contributed by atoms with Crippen molar-refractivity contribution in [3.63, 3.8) is 0 Å². The molecule has 13 heteroatoms. The molecule has 4 heterocycles. The van der Waals surface area contributed by atoms with Gasteiger partial charge in [0, 0.05) is 24.2 Å². The largest absolute Gasteiger partial charge is 0.387 e. The van der Waals surface area contributed by atoms with Gasteiger partial charge in [0.15, 0.2) is 17.7 Å². The Morgan fingerprint density at radius 1 is 1.24 bits per heavy atom. The topological polar surface area (TPSA) is 157 Å². The normalized spacial score (nSPS) is 24.2. The molecule has 0 aromatic carbocycles. The van der Waals surface area contributed by atoms with Gasteiger partial charge in [-0.3, -0.25) is 4.57 Å². The number of imidazole rings is 1. The van der Waals surface area contributed by atoms with Crippen molar-refractivity contribution in [3.8, 4) is 0 Å². The highest BCUT2D eigenvalue weighted by Gasteiger charge is 2.44. The first-order valence-electron chi connectivity index (χ1n) is 8.79. The molecule has 0 bridgehead atoms. The van der Waals surface area contributed by atoms with Gasteiger partial charge in [-0.1, -0.05) is 11.6 Å². The number of nitrogens with one attached hydrogen (secondary N) is 1. The highest BCUT2D eigenvalue weighted by molar-refractivity contribution is 7.99. The average molecular weight is 439 g/mol. The number of nitrogens with zero attached hydrogens (tertiary/aromatic N) is 6. The number of aliphatic hydroxyl groups excluding tert-OH is 2. The number of rotatable bonds is 7. The Morgan fingerprint density at radius 3 is 2.93 bits per heavy atom. The number of thioether (sulfide) groups is 1. The van der Waals surface area contributed by atoms with E-state index in [0.717, 1.165) is 5.75 Å². The number of aliphatic hydroxyl groups is 2. The standard InChI is InChI=1S/C16H19ClN8O3S/c17-9-1-2-19-16(24-9)20-3-4-29-5-8-11(26)12(27)15(28-8)25-7-23-10-13(18)21-6-22-14(10)25/h1-2,6-8,11-12,15,26-27H,3-5H2,(H2,18,21,22)(H,19,20,24)/t8-,11-,12-,15-/m0/s1. The third-order valence-corrected chi connectivity index (χ3v) is 5.70. The zero-order chi connectivity index (χ0) is 20.4. The van der Waals surface area contributed by atoms with E-state index in [2.05, 4.69) is 30.2 Å². The molecule has 5 N–H and O–H groups in total. The van der Waals surface area contributed by atoms with E-state index in [-0.39, 0.29) is 5.82 Å². The summed E-state index contributed by atoms with van der Waals surface area (Å²) >= 11 is 7.38. The molecule has 11 nitrogen and oxygen atoms in total. The van der Waals surface area contributed by atoms with Crippen molar-refractivity contribution in [2.75, 3.05) is 29.1 Å². The lowest BCUT2D eigenvalue weighted by Gasteiger charge is -2.16. The second kappa shape index (κ2) is 8.63. The first-order chi connectivity index (χ1) is 14.0. The smallest absolute Gasteiger partial charge is 0.224 e. The number of hydrogen-bond donors (Lipinski definition) is 4. The Labute approximate surface area is 174 Å². The lowest BCUT2D eigenvalue weighted by atomic mass is 10.1. The first kappa shape index (κ1) is 20.0. The van der Waals surface area contributed by atoms with Gasteiger partial charge in [-0.2, -0.15) is 11.8 Å². The molecule has 0 radical (unpaired) electrons. The summed E-state index contributed by atoms with van der Waals surface area (Å²) in [4.78, 5) is 20.3. The summed E-state index contributed by atoms with van der Waals surface area (Å²) in [6.07, 6.45) is 0.860. The van der Waals surface area contributed by atoms with Gasteiger partial charge in [0.1, 0.15) is 29.2 Å². The summed E-state index contributed by atoms with van der Waals surface area (Å²) in [6, 6.07) is 1.60. The second-order valence-corrected chi connectivity index (χ2v) is 7.87. The van der Waals surface area contributed by atoms with Gasteiger partial charge in [0.25, 0.3) is 0 Å².